The van der Waals surface area contributed by atoms with E-state index in [4.69, 9.17) is 4.74 Å². The highest BCUT2D eigenvalue weighted by atomic mass is 16.6. The molecule has 2 aromatic carbocycles. The Labute approximate surface area is 134 Å². The molecular formula is C18H18N2O3. The Bertz CT molecular complexity index is 715. The highest BCUT2D eigenvalue weighted by molar-refractivity contribution is 6.02. The fraction of sp³-hybridized carbons (Fsp3) is 0.222. The third-order valence-electron chi connectivity index (χ3n) is 3.76. The molecule has 1 aliphatic heterocycles. The number of carbonyl (C=O) groups is 2. The minimum absolute atomic E-state index is 0.108. The molecule has 0 radical (unpaired) electrons. The zero-order chi connectivity index (χ0) is 16.2. The van der Waals surface area contributed by atoms with Crippen LogP contribution in [0.2, 0.25) is 0 Å². The summed E-state index contributed by atoms with van der Waals surface area (Å²) in [5.74, 6) is -0.108. The molecule has 2 aromatic rings. The van der Waals surface area contributed by atoms with Gasteiger partial charge in [-0.2, -0.15) is 0 Å². The first kappa shape index (κ1) is 15.1. The molecule has 1 aliphatic rings. The predicted octanol–water partition coefficient (Wildman–Crippen LogP) is 3.56. The molecule has 0 aliphatic carbocycles. The number of ether oxygens (including phenoxy) is 1. The van der Waals surface area contributed by atoms with Crippen molar-refractivity contribution in [2.24, 2.45) is 0 Å². The second-order valence-corrected chi connectivity index (χ2v) is 5.53. The zero-order valence-corrected chi connectivity index (χ0v) is 12.9. The minimum Gasteiger partial charge on any atom is -0.444 e. The van der Waals surface area contributed by atoms with E-state index in [2.05, 4.69) is 5.32 Å². The molecule has 0 saturated heterocycles. The Kier molecular flexibility index (Phi) is 4.28. The van der Waals surface area contributed by atoms with Crippen molar-refractivity contribution in [2.45, 2.75) is 26.0 Å². The lowest BCUT2D eigenvalue weighted by Crippen LogP contribution is -2.39. The van der Waals surface area contributed by atoms with Gasteiger partial charge in [0.25, 0.3) is 0 Å². The number of hydrogen-bond donors (Lipinski definition) is 1. The van der Waals surface area contributed by atoms with Crippen LogP contribution in [0.25, 0.3) is 0 Å². The van der Waals surface area contributed by atoms with Crippen LogP contribution in [-0.2, 0) is 16.1 Å². The maximum atomic E-state index is 12.6. The van der Waals surface area contributed by atoms with Crippen molar-refractivity contribution >= 4 is 23.4 Å². The van der Waals surface area contributed by atoms with Crippen LogP contribution in [0.3, 0.4) is 0 Å². The summed E-state index contributed by atoms with van der Waals surface area (Å²) in [5.41, 5.74) is 2.20. The highest BCUT2D eigenvalue weighted by Crippen LogP contribution is 2.31. The minimum atomic E-state index is -0.453. The Balaban J connectivity index is 1.82. The Morgan fingerprint density at radius 2 is 1.87 bits per heavy atom. The summed E-state index contributed by atoms with van der Waals surface area (Å²) in [6.45, 7) is 2.04. The molecule has 1 atom stereocenters. The van der Waals surface area contributed by atoms with Gasteiger partial charge in [-0.25, -0.2) is 4.79 Å². The molecule has 118 valence electrons. The monoisotopic (exact) mass is 310 g/mol. The van der Waals surface area contributed by atoms with Crippen molar-refractivity contribution in [3.05, 3.63) is 60.2 Å². The van der Waals surface area contributed by atoms with E-state index in [-0.39, 0.29) is 25.0 Å². The fourth-order valence-electron chi connectivity index (χ4n) is 2.65. The molecular weight excluding hydrogens is 292 g/mol. The predicted molar refractivity (Wildman–Crippen MR) is 88.3 cm³/mol. The Morgan fingerprint density at radius 3 is 2.65 bits per heavy atom. The Morgan fingerprint density at radius 1 is 1.17 bits per heavy atom. The third-order valence-corrected chi connectivity index (χ3v) is 3.76. The summed E-state index contributed by atoms with van der Waals surface area (Å²) in [7, 11) is 0. The number of benzene rings is 2. The lowest BCUT2D eigenvalue weighted by molar-refractivity contribution is -0.116. The summed E-state index contributed by atoms with van der Waals surface area (Å²) >= 11 is 0. The van der Waals surface area contributed by atoms with Gasteiger partial charge in [0.2, 0.25) is 5.91 Å². The topological polar surface area (TPSA) is 58.6 Å². The normalized spacial score (nSPS) is 17.0. The molecule has 0 spiro atoms. The number of amides is 2. The highest BCUT2D eigenvalue weighted by Gasteiger charge is 2.30. The lowest BCUT2D eigenvalue weighted by Gasteiger charge is -2.26. The van der Waals surface area contributed by atoms with Crippen molar-refractivity contribution in [3.63, 3.8) is 0 Å². The van der Waals surface area contributed by atoms with E-state index in [1.165, 1.54) is 4.90 Å². The Hall–Kier alpha value is -2.82. The van der Waals surface area contributed by atoms with Crippen LogP contribution in [-0.4, -0.2) is 18.0 Å². The van der Waals surface area contributed by atoms with Crippen LogP contribution in [0.15, 0.2) is 54.6 Å². The number of nitrogens with one attached hydrogen (secondary N) is 1. The lowest BCUT2D eigenvalue weighted by atomic mass is 10.2. The second kappa shape index (κ2) is 6.52. The van der Waals surface area contributed by atoms with Crippen LogP contribution in [0.1, 0.15) is 18.9 Å². The van der Waals surface area contributed by atoms with Gasteiger partial charge >= 0.3 is 6.09 Å². The van der Waals surface area contributed by atoms with Gasteiger partial charge in [-0.15, -0.1) is 0 Å². The summed E-state index contributed by atoms with van der Waals surface area (Å²) in [6.07, 6.45) is -0.222. The molecule has 2 amide bonds. The van der Waals surface area contributed by atoms with Crippen molar-refractivity contribution in [2.75, 3.05) is 10.2 Å². The molecule has 1 unspecified atom stereocenters. The van der Waals surface area contributed by atoms with Gasteiger partial charge in [0.1, 0.15) is 6.61 Å². The maximum absolute atomic E-state index is 12.6. The molecule has 5 nitrogen and oxygen atoms in total. The van der Waals surface area contributed by atoms with Gasteiger partial charge in [0, 0.05) is 12.5 Å². The van der Waals surface area contributed by atoms with Crippen LogP contribution < -0.4 is 10.2 Å². The largest absolute Gasteiger partial charge is 0.444 e. The van der Waals surface area contributed by atoms with Crippen molar-refractivity contribution in [1.82, 2.24) is 0 Å². The van der Waals surface area contributed by atoms with Crippen LogP contribution in [0.4, 0.5) is 16.2 Å². The van der Waals surface area contributed by atoms with E-state index in [1.54, 1.807) is 12.1 Å². The van der Waals surface area contributed by atoms with Gasteiger partial charge in [-0.1, -0.05) is 42.5 Å². The third kappa shape index (κ3) is 3.34. The van der Waals surface area contributed by atoms with E-state index in [0.717, 1.165) is 5.56 Å². The molecule has 23 heavy (non-hydrogen) atoms. The quantitative estimate of drug-likeness (QED) is 0.922. The average molecular weight is 310 g/mol. The number of anilines is 2. The summed E-state index contributed by atoms with van der Waals surface area (Å²) in [5, 5.41) is 2.82. The second-order valence-electron chi connectivity index (χ2n) is 5.53. The van der Waals surface area contributed by atoms with Crippen molar-refractivity contribution in [3.8, 4) is 0 Å². The number of carbonyl (C=O) groups excluding carboxylic acids is 2. The SMILES string of the molecule is CC1CC(=O)Nc2ccccc2N1C(=O)OCc1ccccc1. The van der Waals surface area contributed by atoms with E-state index in [0.29, 0.717) is 11.4 Å². The number of nitrogens with zero attached hydrogens (tertiary/aromatic N) is 1. The van der Waals surface area contributed by atoms with Crippen molar-refractivity contribution in [1.29, 1.82) is 0 Å². The van der Waals surface area contributed by atoms with E-state index >= 15 is 0 Å². The zero-order valence-electron chi connectivity index (χ0n) is 12.9. The van der Waals surface area contributed by atoms with Gasteiger partial charge in [0.15, 0.2) is 0 Å². The van der Waals surface area contributed by atoms with Gasteiger partial charge in [0.05, 0.1) is 11.4 Å². The summed E-state index contributed by atoms with van der Waals surface area (Å²) < 4.78 is 5.43. The molecule has 5 heteroatoms. The van der Waals surface area contributed by atoms with E-state index in [1.807, 2.05) is 49.4 Å². The summed E-state index contributed by atoms with van der Waals surface area (Å²) in [6, 6.07) is 16.5. The van der Waals surface area contributed by atoms with Gasteiger partial charge in [-0.05, 0) is 24.6 Å². The van der Waals surface area contributed by atoms with Crippen LogP contribution in [0, 0.1) is 0 Å². The fourth-order valence-corrected chi connectivity index (χ4v) is 2.65. The van der Waals surface area contributed by atoms with Gasteiger partial charge < -0.3 is 10.1 Å². The number of hydrogen-bond acceptors (Lipinski definition) is 3. The van der Waals surface area contributed by atoms with Gasteiger partial charge in [-0.3, -0.25) is 9.69 Å². The number of fused-ring (bicyclic) bond motifs is 1. The molecule has 0 saturated carbocycles. The van der Waals surface area contributed by atoms with Crippen molar-refractivity contribution < 1.29 is 14.3 Å². The molecule has 1 heterocycles. The van der Waals surface area contributed by atoms with E-state index in [9.17, 15) is 9.59 Å². The number of rotatable bonds is 2. The average Bonchev–Trinajstić information content (AvgIpc) is 2.68. The summed E-state index contributed by atoms with van der Waals surface area (Å²) in [4.78, 5) is 26.0. The molecule has 3 rings (SSSR count). The van der Waals surface area contributed by atoms with E-state index < -0.39 is 6.09 Å². The molecule has 1 N–H and O–H groups in total. The smallest absolute Gasteiger partial charge is 0.414 e. The van der Waals surface area contributed by atoms with Crippen LogP contribution >= 0.6 is 0 Å². The first-order chi connectivity index (χ1) is 11.1. The number of para-hydroxylation sites is 2. The molecule has 0 aromatic heterocycles. The molecule has 0 fully saturated rings. The first-order valence-corrected chi connectivity index (χ1v) is 7.54. The standard InChI is InChI=1S/C18H18N2O3/c1-13-11-17(21)19-15-9-5-6-10-16(15)20(13)18(22)23-12-14-7-3-2-4-8-14/h2-10,13H,11-12H2,1H3,(H,19,21). The molecule has 0 bridgehead atoms. The first-order valence-electron chi connectivity index (χ1n) is 7.54. The maximum Gasteiger partial charge on any atom is 0.414 e. The van der Waals surface area contributed by atoms with Crippen LogP contribution in [0.5, 0.6) is 0 Å².